The van der Waals surface area contributed by atoms with Crippen LogP contribution in [0.2, 0.25) is 0 Å². The molecule has 0 bridgehead atoms. The van der Waals surface area contributed by atoms with Crippen molar-refractivity contribution in [1.29, 1.82) is 0 Å². The first-order valence-corrected chi connectivity index (χ1v) is 8.03. The second-order valence-electron chi connectivity index (χ2n) is 6.03. The van der Waals surface area contributed by atoms with E-state index in [1.807, 2.05) is 32.0 Å². The summed E-state index contributed by atoms with van der Waals surface area (Å²) in [7, 11) is 0. The fraction of sp³-hybridized carbons (Fsp3) is 0.471. The first kappa shape index (κ1) is 17.9. The molecule has 2 rings (SSSR count). The summed E-state index contributed by atoms with van der Waals surface area (Å²) in [6.45, 7) is 6.82. The molecule has 1 saturated heterocycles. The number of aryl methyl sites for hydroxylation is 2. The van der Waals surface area contributed by atoms with Gasteiger partial charge in [0, 0.05) is 18.8 Å². The van der Waals surface area contributed by atoms with E-state index in [4.69, 9.17) is 0 Å². The summed E-state index contributed by atoms with van der Waals surface area (Å²) in [5.74, 6) is -0.626. The number of benzene rings is 1. The van der Waals surface area contributed by atoms with Crippen LogP contribution in [0, 0.1) is 13.8 Å². The van der Waals surface area contributed by atoms with Gasteiger partial charge in [0.1, 0.15) is 0 Å². The maximum atomic E-state index is 12.2. The van der Waals surface area contributed by atoms with Crippen LogP contribution < -0.4 is 16.0 Å². The Hall–Kier alpha value is -2.41. The van der Waals surface area contributed by atoms with Gasteiger partial charge in [-0.25, -0.2) is 0 Å². The van der Waals surface area contributed by atoms with Gasteiger partial charge in [0.25, 0.3) is 0 Å². The Bertz CT molecular complexity index is 624. The molecule has 1 atom stereocenters. The zero-order chi connectivity index (χ0) is 17.7. The van der Waals surface area contributed by atoms with E-state index >= 15 is 0 Å². The zero-order valence-corrected chi connectivity index (χ0v) is 14.3. The minimum atomic E-state index is -0.455. The van der Waals surface area contributed by atoms with Gasteiger partial charge in [0.15, 0.2) is 0 Å². The number of para-hydroxylation sites is 1. The zero-order valence-electron chi connectivity index (χ0n) is 14.3. The van der Waals surface area contributed by atoms with Crippen LogP contribution in [0.25, 0.3) is 0 Å². The number of carbonyl (C=O) groups excluding carboxylic acids is 3. The van der Waals surface area contributed by atoms with E-state index in [0.29, 0.717) is 13.1 Å². The van der Waals surface area contributed by atoms with Gasteiger partial charge in [0.05, 0.1) is 19.1 Å². The van der Waals surface area contributed by atoms with Crippen molar-refractivity contribution in [2.45, 2.75) is 26.8 Å². The normalized spacial score (nSPS) is 16.2. The second kappa shape index (κ2) is 7.92. The Morgan fingerprint density at radius 1 is 1.29 bits per heavy atom. The van der Waals surface area contributed by atoms with Gasteiger partial charge in [-0.15, -0.1) is 0 Å². The minimum absolute atomic E-state index is 0.0892. The number of anilines is 1. The quantitative estimate of drug-likeness (QED) is 0.717. The fourth-order valence-corrected chi connectivity index (χ4v) is 2.67. The number of nitrogens with one attached hydrogen (secondary N) is 3. The van der Waals surface area contributed by atoms with Gasteiger partial charge in [-0.3, -0.25) is 19.3 Å². The van der Waals surface area contributed by atoms with Gasteiger partial charge in [-0.05, 0) is 31.9 Å². The molecule has 24 heavy (non-hydrogen) atoms. The highest BCUT2D eigenvalue weighted by atomic mass is 16.2. The van der Waals surface area contributed by atoms with Gasteiger partial charge < -0.3 is 16.0 Å². The monoisotopic (exact) mass is 332 g/mol. The maximum Gasteiger partial charge on any atom is 0.243 e. The van der Waals surface area contributed by atoms with Crippen molar-refractivity contribution in [2.75, 3.05) is 31.5 Å². The first-order valence-electron chi connectivity index (χ1n) is 8.03. The van der Waals surface area contributed by atoms with Crippen LogP contribution >= 0.6 is 0 Å². The largest absolute Gasteiger partial charge is 0.354 e. The summed E-state index contributed by atoms with van der Waals surface area (Å²) in [6, 6.07) is 5.32. The molecular formula is C17H24N4O3. The summed E-state index contributed by atoms with van der Waals surface area (Å²) < 4.78 is 0. The molecule has 0 radical (unpaired) electrons. The van der Waals surface area contributed by atoms with E-state index in [-0.39, 0.29) is 30.8 Å². The molecule has 1 fully saturated rings. The standard InChI is InChI=1S/C17H24N4O3/c1-11-5-4-6-12(2)16(11)20-14(22)9-19-17(24)13(3)21-8-7-18-15(23)10-21/h4-6,13H,7-10H2,1-3H3,(H,18,23)(H,19,24)(H,20,22)/t13-/m1/s1. The van der Waals surface area contributed by atoms with Crippen LogP contribution in [0.1, 0.15) is 18.1 Å². The predicted molar refractivity (Wildman–Crippen MR) is 91.6 cm³/mol. The van der Waals surface area contributed by atoms with Crippen LogP contribution in [-0.2, 0) is 14.4 Å². The third-order valence-corrected chi connectivity index (χ3v) is 4.16. The van der Waals surface area contributed by atoms with E-state index in [1.165, 1.54) is 0 Å². The molecule has 1 heterocycles. The van der Waals surface area contributed by atoms with E-state index < -0.39 is 6.04 Å². The molecule has 1 aliphatic heterocycles. The van der Waals surface area contributed by atoms with Crippen molar-refractivity contribution >= 4 is 23.4 Å². The molecule has 130 valence electrons. The SMILES string of the molecule is Cc1cccc(C)c1NC(=O)CNC(=O)[C@@H](C)N1CCNC(=O)C1. The highest BCUT2D eigenvalue weighted by Crippen LogP contribution is 2.18. The number of piperazine rings is 1. The Morgan fingerprint density at radius 3 is 2.58 bits per heavy atom. The molecule has 0 unspecified atom stereocenters. The third kappa shape index (κ3) is 4.55. The number of hydrogen-bond donors (Lipinski definition) is 3. The van der Waals surface area contributed by atoms with E-state index in [9.17, 15) is 14.4 Å². The third-order valence-electron chi connectivity index (χ3n) is 4.16. The minimum Gasteiger partial charge on any atom is -0.354 e. The summed E-state index contributed by atoms with van der Waals surface area (Å²) in [5.41, 5.74) is 2.72. The van der Waals surface area contributed by atoms with Crippen LogP contribution in [0.4, 0.5) is 5.69 Å². The molecule has 0 aliphatic carbocycles. The molecule has 0 saturated carbocycles. The highest BCUT2D eigenvalue weighted by Gasteiger charge is 2.26. The Balaban J connectivity index is 1.84. The van der Waals surface area contributed by atoms with Crippen molar-refractivity contribution in [3.63, 3.8) is 0 Å². The Labute approximate surface area is 141 Å². The van der Waals surface area contributed by atoms with Crippen molar-refractivity contribution in [3.05, 3.63) is 29.3 Å². The lowest BCUT2D eigenvalue weighted by Crippen LogP contribution is -2.55. The Morgan fingerprint density at radius 2 is 1.96 bits per heavy atom. The Kier molecular flexibility index (Phi) is 5.92. The van der Waals surface area contributed by atoms with E-state index in [0.717, 1.165) is 16.8 Å². The molecule has 3 amide bonds. The first-order chi connectivity index (χ1) is 11.4. The maximum absolute atomic E-state index is 12.2. The number of amides is 3. The lowest BCUT2D eigenvalue weighted by atomic mass is 10.1. The average molecular weight is 332 g/mol. The lowest BCUT2D eigenvalue weighted by Gasteiger charge is -2.31. The van der Waals surface area contributed by atoms with Gasteiger partial charge in [0.2, 0.25) is 17.7 Å². The summed E-state index contributed by atoms with van der Waals surface area (Å²) in [5, 5.41) is 8.17. The summed E-state index contributed by atoms with van der Waals surface area (Å²) >= 11 is 0. The topological polar surface area (TPSA) is 90.5 Å². The van der Waals surface area contributed by atoms with Gasteiger partial charge >= 0.3 is 0 Å². The molecule has 1 aromatic carbocycles. The molecule has 0 aromatic heterocycles. The molecule has 7 heteroatoms. The van der Waals surface area contributed by atoms with Crippen molar-refractivity contribution in [1.82, 2.24) is 15.5 Å². The predicted octanol–water partition coefficient (Wildman–Crippen LogP) is 0.178. The number of carbonyl (C=O) groups is 3. The second-order valence-corrected chi connectivity index (χ2v) is 6.03. The smallest absolute Gasteiger partial charge is 0.243 e. The molecule has 1 aliphatic rings. The van der Waals surface area contributed by atoms with Crippen LogP contribution in [0.3, 0.4) is 0 Å². The van der Waals surface area contributed by atoms with Gasteiger partial charge in [-0.1, -0.05) is 18.2 Å². The fourth-order valence-electron chi connectivity index (χ4n) is 2.67. The van der Waals surface area contributed by atoms with Crippen LogP contribution in [0.15, 0.2) is 18.2 Å². The van der Waals surface area contributed by atoms with Crippen molar-refractivity contribution in [2.24, 2.45) is 0 Å². The molecular weight excluding hydrogens is 308 g/mol. The summed E-state index contributed by atoms with van der Waals surface area (Å²) in [6.07, 6.45) is 0. The van der Waals surface area contributed by atoms with Crippen LogP contribution in [0.5, 0.6) is 0 Å². The number of rotatable bonds is 5. The summed E-state index contributed by atoms with van der Waals surface area (Å²) in [4.78, 5) is 37.4. The van der Waals surface area contributed by atoms with Crippen molar-refractivity contribution in [3.8, 4) is 0 Å². The molecule has 1 aromatic rings. The molecule has 0 spiro atoms. The van der Waals surface area contributed by atoms with E-state index in [1.54, 1.807) is 11.8 Å². The molecule has 7 nitrogen and oxygen atoms in total. The highest BCUT2D eigenvalue weighted by molar-refractivity contribution is 5.96. The number of nitrogens with zero attached hydrogens (tertiary/aromatic N) is 1. The lowest BCUT2D eigenvalue weighted by molar-refractivity contribution is -0.131. The average Bonchev–Trinajstić information content (AvgIpc) is 2.55. The number of hydrogen-bond acceptors (Lipinski definition) is 4. The van der Waals surface area contributed by atoms with Gasteiger partial charge in [-0.2, -0.15) is 0 Å². The molecule has 3 N–H and O–H groups in total. The van der Waals surface area contributed by atoms with Crippen molar-refractivity contribution < 1.29 is 14.4 Å². The van der Waals surface area contributed by atoms with Crippen LogP contribution in [-0.4, -0.2) is 54.8 Å². The van der Waals surface area contributed by atoms with E-state index in [2.05, 4.69) is 16.0 Å².